The third-order valence-corrected chi connectivity index (χ3v) is 8.25. The molecule has 0 aliphatic rings. The van der Waals surface area contributed by atoms with Crippen LogP contribution in [0.3, 0.4) is 0 Å². The van der Waals surface area contributed by atoms with Crippen molar-refractivity contribution in [1.82, 2.24) is 29.9 Å². The van der Waals surface area contributed by atoms with Gasteiger partial charge in [0.1, 0.15) is 0 Å². The summed E-state index contributed by atoms with van der Waals surface area (Å²) in [7, 11) is 0. The van der Waals surface area contributed by atoms with Crippen LogP contribution in [-0.4, -0.2) is 76.7 Å². The van der Waals surface area contributed by atoms with Crippen molar-refractivity contribution >= 4 is 131 Å². The number of hydrogen-bond acceptors (Lipinski definition) is 18. The van der Waals surface area contributed by atoms with Gasteiger partial charge in [-0.05, 0) is 132 Å². The Kier molecular flexibility index (Phi) is 54.5. The van der Waals surface area contributed by atoms with Gasteiger partial charge in [0.2, 0.25) is 0 Å². The molecule has 0 saturated carbocycles. The van der Waals surface area contributed by atoms with Gasteiger partial charge in [-0.15, -0.1) is 0 Å². The van der Waals surface area contributed by atoms with E-state index in [0.717, 1.165) is 0 Å². The van der Waals surface area contributed by atoms with Crippen molar-refractivity contribution < 1.29 is 174 Å². The van der Waals surface area contributed by atoms with Crippen LogP contribution >= 0.6 is 95.6 Å². The average molecular weight is 1610 g/mol. The smallest absolute Gasteiger partial charge is 0.545 e. The Bertz CT molecular complexity index is 2030. The molecule has 362 valence electrons. The largest absolute Gasteiger partial charge is 3.00 e. The van der Waals surface area contributed by atoms with Crippen molar-refractivity contribution in [3.8, 4) is 0 Å². The topological polar surface area (TPSA) is 513 Å². The van der Waals surface area contributed by atoms with Gasteiger partial charge in [-0.3, -0.25) is 29.9 Å². The number of carbonyl (C=O) groups excluding carboxylic acids is 6. The number of carbonyl (C=O) groups is 6. The van der Waals surface area contributed by atoms with Crippen LogP contribution in [0.15, 0.2) is 138 Å². The van der Waals surface area contributed by atoms with Crippen molar-refractivity contribution in [1.29, 1.82) is 0 Å². The summed E-state index contributed by atoms with van der Waals surface area (Å²) in [6.45, 7) is 0. The molecule has 0 aromatic carbocycles. The van der Waals surface area contributed by atoms with Crippen LogP contribution in [0, 0.1) is 81.7 Å². The molecule has 0 unspecified atom stereocenters. The number of carboxylic acid groups (broad SMARTS) is 6. The number of hydrogen-bond donors (Lipinski definition) is 0. The van der Waals surface area contributed by atoms with E-state index >= 15 is 0 Å². The fourth-order valence-corrected chi connectivity index (χ4v) is 5.33. The van der Waals surface area contributed by atoms with Gasteiger partial charge in [-0.2, -0.15) is 0 Å². The molecular weight excluding hydrogens is 1570 g/mol. The molecule has 24 nitrogen and oxygen atoms in total. The van der Waals surface area contributed by atoms with Crippen molar-refractivity contribution in [2.24, 2.45) is 0 Å². The van der Waals surface area contributed by atoms with Crippen LogP contribution in [0.4, 0.5) is 0 Å². The maximum absolute atomic E-state index is 10.2. The summed E-state index contributed by atoms with van der Waals surface area (Å²) < 4.78 is 3.80. The number of aromatic nitrogens is 6. The van der Waals surface area contributed by atoms with E-state index in [1.807, 2.05) is 0 Å². The molecule has 0 aliphatic heterocycles. The zero-order valence-corrected chi connectivity index (χ0v) is 49.5. The first-order valence-electron chi connectivity index (χ1n) is 15.1. The number of aromatic carboxylic acids is 6. The van der Waals surface area contributed by atoms with Crippen molar-refractivity contribution in [3.63, 3.8) is 0 Å². The molecule has 6 aromatic heterocycles. The molecule has 6 rings (SSSR count). The standard InChI is InChI=1S/6C6H4BrNO2.2Nd.6H2O/c6*7-5-1-4(6(9)10)2-8-3-5;;;;;;;;/h6*1-3H,(H,9,10);;;6*1H2/q;;;;;;2*+3;;;;;;/p-2. The Balaban J connectivity index is -0.000000103. The zero-order valence-electron chi connectivity index (χ0n) is 33.6. The minimum Gasteiger partial charge on any atom is -0.545 e. The van der Waals surface area contributed by atoms with Gasteiger partial charge in [0, 0.05) is 135 Å². The summed E-state index contributed by atoms with van der Waals surface area (Å²) >= 11 is 18.5. The number of pyridine rings is 6. The zero-order chi connectivity index (χ0) is 45.4. The summed E-state index contributed by atoms with van der Waals surface area (Å²) in [5, 5.41) is 61.1. The SMILES string of the molecule is O.O.O=C([O-])c1cncc(Br)c1.O=C([O-])c1cncc(Br)c1.O=C([O-])c1cncc(Br)c1.O=C([O-])c1cncc(Br)c1.O=C([O-])c1cncc(Br)c1.O=C([O-])c1cncc(Br)c1.[Nd+3].[Nd+3].[OH3+].[OH3+].[OH3+].[OH3+]. The van der Waals surface area contributed by atoms with Crippen LogP contribution in [0.1, 0.15) is 62.1 Å². The van der Waals surface area contributed by atoms with Gasteiger partial charge in [0.05, 0.1) is 35.8 Å². The molecule has 0 atom stereocenters. The summed E-state index contributed by atoms with van der Waals surface area (Å²) in [5.74, 6) is -7.28. The minimum absolute atomic E-state index is 0. The molecule has 0 fully saturated rings. The molecule has 16 N–H and O–H groups in total. The summed E-state index contributed by atoms with van der Waals surface area (Å²) in [5.41, 5.74) is 0.469. The van der Waals surface area contributed by atoms with E-state index in [1.54, 1.807) is 0 Å². The van der Waals surface area contributed by atoms with Crippen molar-refractivity contribution in [3.05, 3.63) is 171 Å². The van der Waals surface area contributed by atoms with Crippen molar-refractivity contribution in [2.75, 3.05) is 0 Å². The third-order valence-electron chi connectivity index (χ3n) is 5.64. The molecule has 0 aliphatic carbocycles. The van der Waals surface area contributed by atoms with E-state index in [-0.39, 0.29) is 148 Å². The molecule has 32 heteroatoms. The molecular formula is C36H34Br6N6Nd2O18+4. The number of halogens is 6. The molecule has 0 spiro atoms. The monoisotopic (exact) mass is 1600 g/mol. The van der Waals surface area contributed by atoms with Crippen LogP contribution < -0.4 is 30.6 Å². The summed E-state index contributed by atoms with van der Waals surface area (Å²) in [6, 6.07) is 8.60. The van der Waals surface area contributed by atoms with E-state index in [2.05, 4.69) is 125 Å². The molecule has 68 heavy (non-hydrogen) atoms. The molecule has 2 radical (unpaired) electrons. The van der Waals surface area contributed by atoms with E-state index in [0.29, 0.717) is 26.8 Å². The second-order valence-electron chi connectivity index (χ2n) is 10.1. The van der Waals surface area contributed by atoms with Crippen LogP contribution in [0.2, 0.25) is 0 Å². The van der Waals surface area contributed by atoms with E-state index in [4.69, 9.17) is 0 Å². The Labute approximate surface area is 499 Å². The van der Waals surface area contributed by atoms with E-state index in [1.165, 1.54) is 111 Å². The van der Waals surface area contributed by atoms with Crippen molar-refractivity contribution in [2.45, 2.75) is 0 Å². The summed E-state index contributed by atoms with van der Waals surface area (Å²) in [4.78, 5) is 82.9. The fraction of sp³-hybridized carbons (Fsp3) is 0. The molecule has 0 amide bonds. The van der Waals surface area contributed by atoms with Crippen LogP contribution in [0.25, 0.3) is 0 Å². The normalized spacial score (nSPS) is 8.21. The molecule has 0 bridgehead atoms. The molecule has 6 aromatic rings. The fourth-order valence-electron chi connectivity index (χ4n) is 3.14. The van der Waals surface area contributed by atoms with Gasteiger partial charge < -0.3 is 92.3 Å². The Morgan fingerprint density at radius 2 is 0.382 bits per heavy atom. The van der Waals surface area contributed by atoms with Gasteiger partial charge >= 0.3 is 81.7 Å². The Morgan fingerprint density at radius 1 is 0.279 bits per heavy atom. The minimum atomic E-state index is -1.21. The maximum atomic E-state index is 10.2. The molecule has 6 heterocycles. The van der Waals surface area contributed by atoms with Gasteiger partial charge in [-0.25, -0.2) is 0 Å². The first-order valence-corrected chi connectivity index (χ1v) is 19.9. The second-order valence-corrected chi connectivity index (χ2v) is 15.6. The van der Waals surface area contributed by atoms with Gasteiger partial charge in [0.15, 0.2) is 0 Å². The second kappa shape index (κ2) is 45.2. The predicted molar refractivity (Wildman–Crippen MR) is 244 cm³/mol. The maximum Gasteiger partial charge on any atom is 3.00 e. The Hall–Kier alpha value is -2.94. The number of rotatable bonds is 6. The first-order chi connectivity index (χ1) is 28.2. The van der Waals surface area contributed by atoms with E-state index < -0.39 is 35.8 Å². The third kappa shape index (κ3) is 37.0. The number of nitrogens with zero attached hydrogens (tertiary/aromatic N) is 6. The van der Waals surface area contributed by atoms with Crippen LogP contribution in [-0.2, 0) is 21.9 Å². The first kappa shape index (κ1) is 82.0. The van der Waals surface area contributed by atoms with E-state index in [9.17, 15) is 59.4 Å². The van der Waals surface area contributed by atoms with Gasteiger partial charge in [-0.1, -0.05) is 0 Å². The van der Waals surface area contributed by atoms with Gasteiger partial charge in [0.25, 0.3) is 0 Å². The quantitative estimate of drug-likeness (QED) is 0.143. The predicted octanol–water partition coefficient (Wildman–Crippen LogP) is -4.09. The molecule has 0 saturated heterocycles. The number of carboxylic acids is 6. The summed E-state index contributed by atoms with van der Waals surface area (Å²) in [6.07, 6.45) is 16.5. The van der Waals surface area contributed by atoms with Crippen LogP contribution in [0.5, 0.6) is 0 Å². The average Bonchev–Trinajstić information content (AvgIpc) is 3.19. The Morgan fingerprint density at radius 3 is 0.441 bits per heavy atom.